The first-order valence-corrected chi connectivity index (χ1v) is 7.87. The van der Waals surface area contributed by atoms with Crippen LogP contribution in [0.5, 0.6) is 0 Å². The van der Waals surface area contributed by atoms with Gasteiger partial charge in [-0.15, -0.1) is 0 Å². The van der Waals surface area contributed by atoms with Gasteiger partial charge in [0.15, 0.2) is 0 Å². The van der Waals surface area contributed by atoms with Crippen LogP contribution < -0.4 is 10.6 Å². The number of nitrogens with zero attached hydrogens (tertiary/aromatic N) is 2. The van der Waals surface area contributed by atoms with Crippen LogP contribution in [-0.4, -0.2) is 34.1 Å². The van der Waals surface area contributed by atoms with Gasteiger partial charge in [0, 0.05) is 24.3 Å². The van der Waals surface area contributed by atoms with E-state index in [0.29, 0.717) is 6.04 Å². The van der Waals surface area contributed by atoms with Gasteiger partial charge in [-0.1, -0.05) is 6.92 Å². The van der Waals surface area contributed by atoms with Crippen LogP contribution in [0.3, 0.4) is 0 Å². The molecule has 1 aliphatic rings. The summed E-state index contributed by atoms with van der Waals surface area (Å²) < 4.78 is 0. The molecule has 1 saturated heterocycles. The van der Waals surface area contributed by atoms with Gasteiger partial charge >= 0.3 is 0 Å². The molecule has 100 valence electrons. The molecular formula is C13H22N4S. The van der Waals surface area contributed by atoms with Gasteiger partial charge in [0.05, 0.1) is 0 Å². The van der Waals surface area contributed by atoms with E-state index in [1.165, 1.54) is 24.3 Å². The lowest BCUT2D eigenvalue weighted by Gasteiger charge is -2.24. The SMILES string of the molecule is CCCNc1ncc(C)c(NC2CCSCC2)n1. The standard InChI is InChI=1S/C13H22N4S/c1-3-6-14-13-15-9-10(2)12(17-13)16-11-4-7-18-8-5-11/h9,11H,3-8H2,1-2H3,(H2,14,15,16,17). The van der Waals surface area contributed by atoms with Crippen LogP contribution in [0, 0.1) is 6.92 Å². The Morgan fingerprint density at radius 2 is 2.17 bits per heavy atom. The van der Waals surface area contributed by atoms with Crippen LogP contribution >= 0.6 is 11.8 Å². The molecule has 0 spiro atoms. The minimum atomic E-state index is 0.568. The van der Waals surface area contributed by atoms with Gasteiger partial charge in [0.1, 0.15) is 5.82 Å². The number of aryl methyl sites for hydroxylation is 1. The maximum absolute atomic E-state index is 4.56. The van der Waals surface area contributed by atoms with E-state index < -0.39 is 0 Å². The highest BCUT2D eigenvalue weighted by Gasteiger charge is 2.15. The van der Waals surface area contributed by atoms with E-state index in [4.69, 9.17) is 0 Å². The Morgan fingerprint density at radius 3 is 2.89 bits per heavy atom. The monoisotopic (exact) mass is 266 g/mol. The fraction of sp³-hybridized carbons (Fsp3) is 0.692. The van der Waals surface area contributed by atoms with Crippen LogP contribution in [0.2, 0.25) is 0 Å². The molecular weight excluding hydrogens is 244 g/mol. The van der Waals surface area contributed by atoms with E-state index >= 15 is 0 Å². The van der Waals surface area contributed by atoms with Gasteiger partial charge in [-0.25, -0.2) is 4.98 Å². The third-order valence-electron chi connectivity index (χ3n) is 3.07. The predicted octanol–water partition coefficient (Wildman–Crippen LogP) is 2.91. The van der Waals surface area contributed by atoms with Crippen LogP contribution in [0.4, 0.5) is 11.8 Å². The quantitative estimate of drug-likeness (QED) is 0.858. The first-order chi connectivity index (χ1) is 8.79. The average Bonchev–Trinajstić information content (AvgIpc) is 2.41. The first-order valence-electron chi connectivity index (χ1n) is 6.71. The van der Waals surface area contributed by atoms with Crippen molar-refractivity contribution in [3.05, 3.63) is 11.8 Å². The zero-order chi connectivity index (χ0) is 12.8. The molecule has 4 nitrogen and oxygen atoms in total. The second-order valence-electron chi connectivity index (χ2n) is 4.68. The lowest BCUT2D eigenvalue weighted by atomic mass is 10.1. The molecule has 1 aliphatic heterocycles. The number of rotatable bonds is 5. The van der Waals surface area contributed by atoms with E-state index in [-0.39, 0.29) is 0 Å². The first kappa shape index (κ1) is 13.5. The molecule has 5 heteroatoms. The molecule has 2 heterocycles. The van der Waals surface area contributed by atoms with Crippen molar-refractivity contribution in [3.63, 3.8) is 0 Å². The summed E-state index contributed by atoms with van der Waals surface area (Å²) in [4.78, 5) is 8.87. The van der Waals surface area contributed by atoms with E-state index in [9.17, 15) is 0 Å². The fourth-order valence-electron chi connectivity index (χ4n) is 1.95. The Hall–Kier alpha value is -0.970. The minimum Gasteiger partial charge on any atom is -0.367 e. The number of aromatic nitrogens is 2. The minimum absolute atomic E-state index is 0.568. The van der Waals surface area contributed by atoms with Crippen LogP contribution in [0.1, 0.15) is 31.7 Å². The molecule has 1 aromatic heterocycles. The van der Waals surface area contributed by atoms with Gasteiger partial charge in [-0.3, -0.25) is 0 Å². The Bertz CT molecular complexity index is 377. The summed E-state index contributed by atoms with van der Waals surface area (Å²) >= 11 is 2.04. The summed E-state index contributed by atoms with van der Waals surface area (Å²) in [6.45, 7) is 5.12. The van der Waals surface area contributed by atoms with Gasteiger partial charge in [-0.2, -0.15) is 16.7 Å². The number of thioether (sulfide) groups is 1. The normalized spacial score (nSPS) is 16.6. The molecule has 0 aliphatic carbocycles. The van der Waals surface area contributed by atoms with Crippen LogP contribution in [-0.2, 0) is 0 Å². The highest BCUT2D eigenvalue weighted by atomic mass is 32.2. The lowest BCUT2D eigenvalue weighted by molar-refractivity contribution is 0.662. The maximum Gasteiger partial charge on any atom is 0.224 e. The average molecular weight is 266 g/mol. The lowest BCUT2D eigenvalue weighted by Crippen LogP contribution is -2.25. The van der Waals surface area contributed by atoms with E-state index in [1.807, 2.05) is 18.0 Å². The summed E-state index contributed by atoms with van der Waals surface area (Å²) in [5.41, 5.74) is 1.12. The Balaban J connectivity index is 2.00. The Kier molecular flexibility index (Phi) is 5.11. The second kappa shape index (κ2) is 6.83. The van der Waals surface area contributed by atoms with Gasteiger partial charge < -0.3 is 10.6 Å². The third kappa shape index (κ3) is 3.77. The van der Waals surface area contributed by atoms with Crippen molar-refractivity contribution in [1.82, 2.24) is 9.97 Å². The molecule has 1 fully saturated rings. The summed E-state index contributed by atoms with van der Waals surface area (Å²) in [6, 6.07) is 0.568. The molecule has 0 aromatic carbocycles. The number of nitrogens with one attached hydrogen (secondary N) is 2. The predicted molar refractivity (Wildman–Crippen MR) is 79.5 cm³/mol. The number of hydrogen-bond acceptors (Lipinski definition) is 5. The smallest absolute Gasteiger partial charge is 0.224 e. The topological polar surface area (TPSA) is 49.8 Å². The van der Waals surface area contributed by atoms with Crippen molar-refractivity contribution >= 4 is 23.5 Å². The number of anilines is 2. The van der Waals surface area contributed by atoms with Crippen molar-refractivity contribution in [2.75, 3.05) is 28.7 Å². The van der Waals surface area contributed by atoms with Crippen molar-refractivity contribution in [2.24, 2.45) is 0 Å². The summed E-state index contributed by atoms with van der Waals surface area (Å²) in [7, 11) is 0. The fourth-order valence-corrected chi connectivity index (χ4v) is 3.05. The zero-order valence-corrected chi connectivity index (χ0v) is 12.0. The van der Waals surface area contributed by atoms with Crippen molar-refractivity contribution in [3.8, 4) is 0 Å². The summed E-state index contributed by atoms with van der Waals surface area (Å²) in [5.74, 6) is 4.22. The van der Waals surface area contributed by atoms with E-state index in [2.05, 4.69) is 34.4 Å². The molecule has 0 bridgehead atoms. The Morgan fingerprint density at radius 1 is 1.39 bits per heavy atom. The molecule has 0 atom stereocenters. The molecule has 0 saturated carbocycles. The highest BCUT2D eigenvalue weighted by molar-refractivity contribution is 7.99. The Labute approximate surface area is 113 Å². The summed E-state index contributed by atoms with van der Waals surface area (Å²) in [5, 5.41) is 6.79. The molecule has 0 radical (unpaired) electrons. The largest absolute Gasteiger partial charge is 0.367 e. The van der Waals surface area contributed by atoms with E-state index in [1.54, 1.807) is 0 Å². The van der Waals surface area contributed by atoms with Crippen molar-refractivity contribution < 1.29 is 0 Å². The number of hydrogen-bond donors (Lipinski definition) is 2. The van der Waals surface area contributed by atoms with Gasteiger partial charge in [0.25, 0.3) is 0 Å². The van der Waals surface area contributed by atoms with Crippen LogP contribution in [0.15, 0.2) is 6.20 Å². The maximum atomic E-state index is 4.56. The molecule has 2 N–H and O–H groups in total. The van der Waals surface area contributed by atoms with E-state index in [0.717, 1.165) is 30.3 Å². The molecule has 18 heavy (non-hydrogen) atoms. The molecule has 0 amide bonds. The molecule has 0 unspecified atom stereocenters. The zero-order valence-electron chi connectivity index (χ0n) is 11.2. The van der Waals surface area contributed by atoms with Crippen molar-refractivity contribution in [2.45, 2.75) is 39.2 Å². The van der Waals surface area contributed by atoms with Crippen molar-refractivity contribution in [1.29, 1.82) is 0 Å². The highest BCUT2D eigenvalue weighted by Crippen LogP contribution is 2.22. The summed E-state index contributed by atoms with van der Waals surface area (Å²) in [6.07, 6.45) is 5.43. The molecule has 1 aromatic rings. The second-order valence-corrected chi connectivity index (χ2v) is 5.91. The third-order valence-corrected chi connectivity index (χ3v) is 4.12. The van der Waals surface area contributed by atoms with Crippen LogP contribution in [0.25, 0.3) is 0 Å². The molecule has 2 rings (SSSR count). The van der Waals surface area contributed by atoms with Gasteiger partial charge in [-0.05, 0) is 37.7 Å². The van der Waals surface area contributed by atoms with Gasteiger partial charge in [0.2, 0.25) is 5.95 Å².